The fourth-order valence-corrected chi connectivity index (χ4v) is 4.01. The molecule has 2 heterocycles. The highest BCUT2D eigenvalue weighted by Crippen LogP contribution is 2.40. The molecule has 2 aliphatic heterocycles. The van der Waals surface area contributed by atoms with Gasteiger partial charge in [-0.3, -0.25) is 9.59 Å². The predicted molar refractivity (Wildman–Crippen MR) is 119 cm³/mol. The van der Waals surface area contributed by atoms with Gasteiger partial charge in [-0.25, -0.2) is 4.90 Å². The maximum absolute atomic E-state index is 13.7. The summed E-state index contributed by atoms with van der Waals surface area (Å²) in [5.41, 5.74) is 3.09. The Balaban J connectivity index is 1.84. The van der Waals surface area contributed by atoms with E-state index in [1.54, 1.807) is 25.3 Å². The van der Waals surface area contributed by atoms with E-state index in [-0.39, 0.29) is 11.8 Å². The summed E-state index contributed by atoms with van der Waals surface area (Å²) in [5.74, 6) is 0.290. The highest BCUT2D eigenvalue weighted by atomic mass is 16.5. The van der Waals surface area contributed by atoms with E-state index in [0.717, 1.165) is 24.2 Å². The average Bonchev–Trinajstić information content (AvgIpc) is 3.04. The van der Waals surface area contributed by atoms with Crippen molar-refractivity contribution in [1.82, 2.24) is 9.80 Å². The van der Waals surface area contributed by atoms with Crippen molar-refractivity contribution >= 4 is 23.1 Å². The van der Waals surface area contributed by atoms with E-state index in [4.69, 9.17) is 9.47 Å². The number of ether oxygens (including phenoxy) is 2. The van der Waals surface area contributed by atoms with Gasteiger partial charge >= 0.3 is 0 Å². The number of piperazine rings is 1. The maximum Gasteiger partial charge on any atom is 0.282 e. The summed E-state index contributed by atoms with van der Waals surface area (Å²) in [6.45, 7) is 5.02. The Morgan fingerprint density at radius 1 is 0.839 bits per heavy atom. The zero-order valence-corrected chi connectivity index (χ0v) is 18.3. The molecule has 0 bridgehead atoms. The standard InChI is InChI=1S/C24H27N3O4/c1-16-5-7-17(8-6-16)21-22(26-13-11-25(2)12-14-26)24(29)27(23(21)28)19-15-18(30-3)9-10-20(19)31-4/h5-10,15H,11-14H2,1-4H3. The van der Waals surface area contributed by atoms with Gasteiger partial charge in [0.1, 0.15) is 17.2 Å². The lowest BCUT2D eigenvalue weighted by atomic mass is 10.0. The van der Waals surface area contributed by atoms with Crippen LogP contribution in [0.15, 0.2) is 48.2 Å². The molecule has 0 unspecified atom stereocenters. The van der Waals surface area contributed by atoms with Crippen LogP contribution in [0.5, 0.6) is 11.5 Å². The van der Waals surface area contributed by atoms with Crippen molar-refractivity contribution in [1.29, 1.82) is 0 Å². The highest BCUT2D eigenvalue weighted by molar-refractivity contribution is 6.45. The third-order valence-corrected chi connectivity index (χ3v) is 5.85. The summed E-state index contributed by atoms with van der Waals surface area (Å²) in [6.07, 6.45) is 0. The van der Waals surface area contributed by atoms with E-state index >= 15 is 0 Å². The van der Waals surface area contributed by atoms with Gasteiger partial charge < -0.3 is 19.3 Å². The van der Waals surface area contributed by atoms with E-state index in [9.17, 15) is 9.59 Å². The van der Waals surface area contributed by atoms with Crippen molar-refractivity contribution in [2.45, 2.75) is 6.92 Å². The molecule has 0 atom stereocenters. The molecule has 0 saturated carbocycles. The number of aryl methyl sites for hydroxylation is 1. The third kappa shape index (κ3) is 3.77. The van der Waals surface area contributed by atoms with Crippen LogP contribution in [0.2, 0.25) is 0 Å². The number of anilines is 1. The molecule has 0 spiro atoms. The maximum atomic E-state index is 13.7. The van der Waals surface area contributed by atoms with Crippen LogP contribution in [0.25, 0.3) is 5.57 Å². The van der Waals surface area contributed by atoms with Gasteiger partial charge in [0.25, 0.3) is 11.8 Å². The Labute approximate surface area is 182 Å². The number of carbonyl (C=O) groups excluding carboxylic acids is 2. The number of carbonyl (C=O) groups is 2. The molecule has 2 aliphatic rings. The molecule has 2 aromatic rings. The van der Waals surface area contributed by atoms with Gasteiger partial charge in [-0.15, -0.1) is 0 Å². The Hall–Kier alpha value is -3.32. The average molecular weight is 421 g/mol. The number of imide groups is 1. The van der Waals surface area contributed by atoms with Crippen LogP contribution in [-0.2, 0) is 9.59 Å². The first-order chi connectivity index (χ1) is 14.9. The second kappa shape index (κ2) is 8.43. The van der Waals surface area contributed by atoms with Crippen molar-refractivity contribution in [3.05, 3.63) is 59.3 Å². The van der Waals surface area contributed by atoms with E-state index in [1.807, 2.05) is 36.1 Å². The first kappa shape index (κ1) is 20.9. The molecule has 2 aromatic carbocycles. The van der Waals surface area contributed by atoms with Gasteiger partial charge in [-0.2, -0.15) is 0 Å². The Morgan fingerprint density at radius 3 is 2.13 bits per heavy atom. The number of nitrogens with zero attached hydrogens (tertiary/aromatic N) is 3. The molecule has 2 amide bonds. The molecule has 1 fully saturated rings. The molecular formula is C24H27N3O4. The molecule has 0 aromatic heterocycles. The molecule has 0 aliphatic carbocycles. The van der Waals surface area contributed by atoms with Gasteiger partial charge in [0.2, 0.25) is 0 Å². The summed E-state index contributed by atoms with van der Waals surface area (Å²) in [4.78, 5) is 32.9. The summed E-state index contributed by atoms with van der Waals surface area (Å²) < 4.78 is 10.8. The van der Waals surface area contributed by atoms with Crippen molar-refractivity contribution in [2.24, 2.45) is 0 Å². The number of rotatable bonds is 5. The van der Waals surface area contributed by atoms with Crippen LogP contribution >= 0.6 is 0 Å². The fourth-order valence-electron chi connectivity index (χ4n) is 4.01. The number of benzene rings is 2. The second-order valence-corrected chi connectivity index (χ2v) is 7.86. The van der Waals surface area contributed by atoms with Gasteiger partial charge in [-0.05, 0) is 31.7 Å². The molecular weight excluding hydrogens is 394 g/mol. The van der Waals surface area contributed by atoms with E-state index in [1.165, 1.54) is 12.0 Å². The Morgan fingerprint density at radius 2 is 1.52 bits per heavy atom. The van der Waals surface area contributed by atoms with Crippen LogP contribution in [0.3, 0.4) is 0 Å². The molecule has 0 N–H and O–H groups in total. The molecule has 7 nitrogen and oxygen atoms in total. The normalized spacial score (nSPS) is 17.5. The number of hydrogen-bond donors (Lipinski definition) is 0. The second-order valence-electron chi connectivity index (χ2n) is 7.86. The van der Waals surface area contributed by atoms with Crippen molar-refractivity contribution in [2.75, 3.05) is 52.3 Å². The summed E-state index contributed by atoms with van der Waals surface area (Å²) in [5, 5.41) is 0. The zero-order chi connectivity index (χ0) is 22.1. The number of hydrogen-bond acceptors (Lipinski definition) is 6. The van der Waals surface area contributed by atoms with E-state index in [2.05, 4.69) is 11.9 Å². The molecule has 7 heteroatoms. The summed E-state index contributed by atoms with van der Waals surface area (Å²) >= 11 is 0. The first-order valence-corrected chi connectivity index (χ1v) is 10.3. The van der Waals surface area contributed by atoms with Crippen molar-refractivity contribution in [3.63, 3.8) is 0 Å². The summed E-state index contributed by atoms with van der Waals surface area (Å²) in [6, 6.07) is 12.8. The van der Waals surface area contributed by atoms with Gasteiger partial charge in [0.15, 0.2) is 0 Å². The van der Waals surface area contributed by atoms with E-state index < -0.39 is 0 Å². The van der Waals surface area contributed by atoms with Crippen LogP contribution in [0.1, 0.15) is 11.1 Å². The van der Waals surface area contributed by atoms with Crippen LogP contribution < -0.4 is 14.4 Å². The molecule has 1 saturated heterocycles. The largest absolute Gasteiger partial charge is 0.497 e. The minimum absolute atomic E-state index is 0.336. The lowest BCUT2D eigenvalue weighted by Crippen LogP contribution is -2.46. The third-order valence-electron chi connectivity index (χ3n) is 5.85. The van der Waals surface area contributed by atoms with E-state index in [0.29, 0.717) is 41.5 Å². The smallest absolute Gasteiger partial charge is 0.282 e. The number of methoxy groups -OCH3 is 2. The minimum Gasteiger partial charge on any atom is -0.497 e. The minimum atomic E-state index is -0.352. The van der Waals surface area contributed by atoms with Crippen molar-refractivity contribution in [3.8, 4) is 11.5 Å². The molecule has 4 rings (SSSR count). The Kier molecular flexibility index (Phi) is 5.69. The van der Waals surface area contributed by atoms with Gasteiger partial charge in [0, 0.05) is 32.2 Å². The number of likely N-dealkylation sites (N-methyl/N-ethyl adjacent to an activating group) is 1. The molecule has 162 valence electrons. The van der Waals surface area contributed by atoms with Crippen LogP contribution in [-0.4, -0.2) is 69.1 Å². The lowest BCUT2D eigenvalue weighted by Gasteiger charge is -2.34. The molecule has 0 radical (unpaired) electrons. The first-order valence-electron chi connectivity index (χ1n) is 10.3. The predicted octanol–water partition coefficient (Wildman–Crippen LogP) is 2.54. The number of amides is 2. The Bertz CT molecular complexity index is 1040. The van der Waals surface area contributed by atoms with Crippen LogP contribution in [0, 0.1) is 6.92 Å². The van der Waals surface area contributed by atoms with Crippen molar-refractivity contribution < 1.29 is 19.1 Å². The zero-order valence-electron chi connectivity index (χ0n) is 18.3. The quantitative estimate of drug-likeness (QED) is 0.692. The lowest BCUT2D eigenvalue weighted by molar-refractivity contribution is -0.120. The van der Waals surface area contributed by atoms with Crippen LogP contribution in [0.4, 0.5) is 5.69 Å². The topological polar surface area (TPSA) is 62.3 Å². The highest BCUT2D eigenvalue weighted by Gasteiger charge is 2.44. The monoisotopic (exact) mass is 421 g/mol. The molecule has 31 heavy (non-hydrogen) atoms. The van der Waals surface area contributed by atoms with Gasteiger partial charge in [0.05, 0.1) is 25.5 Å². The van der Waals surface area contributed by atoms with Gasteiger partial charge in [-0.1, -0.05) is 29.8 Å². The summed E-state index contributed by atoms with van der Waals surface area (Å²) in [7, 11) is 5.12. The fraction of sp³-hybridized carbons (Fsp3) is 0.333. The SMILES string of the molecule is COc1ccc(OC)c(N2C(=O)C(c3ccc(C)cc3)=C(N3CCN(C)CC3)C2=O)c1.